The average molecular weight is 503 g/mol. The third kappa shape index (κ3) is 5.28. The number of carbonyl (C=O) groups is 1. The summed E-state index contributed by atoms with van der Waals surface area (Å²) < 4.78 is 58.2. The molecule has 0 radical (unpaired) electrons. The van der Waals surface area contributed by atoms with Gasteiger partial charge in [-0.25, -0.2) is 21.9 Å². The van der Waals surface area contributed by atoms with E-state index in [0.29, 0.717) is 10.0 Å². The Morgan fingerprint density at radius 3 is 2.67 bits per heavy atom. The Labute approximate surface area is 182 Å². The molecule has 0 spiro atoms. The van der Waals surface area contributed by atoms with Crippen molar-refractivity contribution in [2.24, 2.45) is 0 Å². The molecule has 1 heterocycles. The summed E-state index contributed by atoms with van der Waals surface area (Å²) >= 11 is 3.24. The van der Waals surface area contributed by atoms with Gasteiger partial charge in [-0.15, -0.1) is 0 Å². The summed E-state index contributed by atoms with van der Waals surface area (Å²) in [6.07, 6.45) is 2.63. The van der Waals surface area contributed by atoms with Gasteiger partial charge in [0.15, 0.2) is 0 Å². The number of hydrogen-bond donors (Lipinski definition) is 1. The van der Waals surface area contributed by atoms with Gasteiger partial charge in [0.2, 0.25) is 10.0 Å². The molecule has 10 heteroatoms. The number of amides is 1. The Hall–Kier alpha value is -2.20. The van der Waals surface area contributed by atoms with E-state index in [2.05, 4.69) is 20.8 Å². The minimum absolute atomic E-state index is 0.0260. The molecule has 0 aliphatic carbocycles. The first kappa shape index (κ1) is 22.5. The van der Waals surface area contributed by atoms with Crippen molar-refractivity contribution in [3.63, 3.8) is 0 Å². The van der Waals surface area contributed by atoms with Crippen LogP contribution in [0.5, 0.6) is 5.75 Å². The highest BCUT2D eigenvalue weighted by atomic mass is 79.9. The largest absolute Gasteiger partial charge is 0.490 e. The van der Waals surface area contributed by atoms with E-state index in [9.17, 15) is 22.0 Å². The van der Waals surface area contributed by atoms with Crippen LogP contribution in [0.2, 0.25) is 0 Å². The molecule has 3 rings (SSSR count). The number of benzene rings is 2. The lowest BCUT2D eigenvalue weighted by atomic mass is 10.1. The van der Waals surface area contributed by atoms with Gasteiger partial charge >= 0.3 is 0 Å². The summed E-state index contributed by atoms with van der Waals surface area (Å²) in [7, 11) is -3.81. The Kier molecular flexibility index (Phi) is 6.66. The molecule has 1 N–H and O–H groups in total. The van der Waals surface area contributed by atoms with Crippen molar-refractivity contribution >= 4 is 37.5 Å². The summed E-state index contributed by atoms with van der Waals surface area (Å²) in [6.45, 7) is 2.78. The van der Waals surface area contributed by atoms with Crippen molar-refractivity contribution in [1.82, 2.24) is 4.72 Å². The third-order valence-corrected chi connectivity index (χ3v) is 6.00. The first-order valence-corrected chi connectivity index (χ1v) is 11.9. The Balaban J connectivity index is 1.72. The number of aryl methyl sites for hydroxylation is 1. The predicted molar refractivity (Wildman–Crippen MR) is 113 cm³/mol. The number of nitrogens with zero attached hydrogens (tertiary/aromatic N) is 1. The number of nitrogens with one attached hydrogen (secondary N) is 1. The van der Waals surface area contributed by atoms with Crippen LogP contribution in [-0.2, 0) is 10.0 Å². The smallest absolute Gasteiger partial charge is 0.267 e. The second kappa shape index (κ2) is 8.89. The van der Waals surface area contributed by atoms with Gasteiger partial charge in [0, 0.05) is 18.3 Å². The van der Waals surface area contributed by atoms with E-state index in [1.807, 2.05) is 0 Å². The van der Waals surface area contributed by atoms with Gasteiger partial charge in [-0.2, -0.15) is 0 Å². The average Bonchev–Trinajstić information content (AvgIpc) is 3.11. The maximum absolute atomic E-state index is 14.4. The third-order valence-electron chi connectivity index (χ3n) is 4.83. The molecule has 0 bridgehead atoms. The van der Waals surface area contributed by atoms with Gasteiger partial charge in [0.25, 0.3) is 5.91 Å². The van der Waals surface area contributed by atoms with E-state index in [-0.39, 0.29) is 24.2 Å². The molecule has 0 aromatic heterocycles. The van der Waals surface area contributed by atoms with Gasteiger partial charge in [0.1, 0.15) is 24.0 Å². The minimum Gasteiger partial charge on any atom is -0.490 e. The van der Waals surface area contributed by atoms with Crippen LogP contribution in [0.1, 0.15) is 28.8 Å². The fraction of sp³-hybridized carbons (Fsp3) is 0.350. The van der Waals surface area contributed by atoms with Crippen molar-refractivity contribution in [2.45, 2.75) is 25.8 Å². The molecule has 1 aliphatic rings. The highest BCUT2D eigenvalue weighted by Crippen LogP contribution is 2.31. The quantitative estimate of drug-likeness (QED) is 0.650. The van der Waals surface area contributed by atoms with E-state index in [1.165, 1.54) is 12.1 Å². The number of hydrogen-bond acceptors (Lipinski definition) is 5. The summed E-state index contributed by atoms with van der Waals surface area (Å²) in [5, 5.41) is 0. The Bertz CT molecular complexity index is 1080. The lowest BCUT2D eigenvalue weighted by Crippen LogP contribution is -2.34. The van der Waals surface area contributed by atoms with E-state index in [4.69, 9.17) is 4.74 Å². The van der Waals surface area contributed by atoms with Crippen LogP contribution < -0.4 is 14.4 Å². The number of carbonyl (C=O) groups excluding carboxylic acids is 1. The molecule has 162 valence electrons. The number of rotatable bonds is 6. The van der Waals surface area contributed by atoms with Crippen LogP contribution in [0.25, 0.3) is 0 Å². The van der Waals surface area contributed by atoms with Crippen LogP contribution in [0.4, 0.5) is 14.5 Å². The van der Waals surface area contributed by atoms with Crippen molar-refractivity contribution < 1.29 is 26.7 Å². The second-order valence-electron chi connectivity index (χ2n) is 7.20. The molecule has 1 fully saturated rings. The lowest BCUT2D eigenvalue weighted by Gasteiger charge is -2.27. The van der Waals surface area contributed by atoms with Crippen molar-refractivity contribution in [1.29, 1.82) is 0 Å². The SMILES string of the molecule is Cc1cc(N2CCC[C@@H]2COc2cc(F)c(C(=O)NS(C)(=O)=O)cc2Br)ccc1F. The molecule has 0 unspecified atom stereocenters. The molecular formula is C20H21BrF2N2O4S. The van der Waals surface area contributed by atoms with Gasteiger partial charge < -0.3 is 9.64 Å². The van der Waals surface area contributed by atoms with Crippen molar-refractivity contribution in [3.05, 3.63) is 57.6 Å². The molecule has 2 aromatic carbocycles. The molecule has 1 saturated heterocycles. The van der Waals surface area contributed by atoms with E-state index < -0.39 is 27.3 Å². The van der Waals surface area contributed by atoms with Gasteiger partial charge in [-0.3, -0.25) is 4.79 Å². The van der Waals surface area contributed by atoms with Crippen LogP contribution in [-0.4, -0.2) is 39.8 Å². The van der Waals surface area contributed by atoms with Crippen LogP contribution in [0, 0.1) is 18.6 Å². The van der Waals surface area contributed by atoms with Crippen molar-refractivity contribution in [2.75, 3.05) is 24.3 Å². The summed E-state index contributed by atoms with van der Waals surface area (Å²) in [4.78, 5) is 14.1. The fourth-order valence-corrected chi connectivity index (χ4v) is 4.28. The molecule has 1 amide bonds. The standard InChI is InChI=1S/C20H21BrF2N2O4S/c1-12-8-13(5-6-17(12)22)25-7-3-4-14(25)11-29-19-10-18(23)15(9-16(19)21)20(26)24-30(2,27)28/h5-6,8-10,14H,3-4,7,11H2,1-2H3,(H,24,26)/t14-/m1/s1. The number of anilines is 1. The maximum Gasteiger partial charge on any atom is 0.267 e. The summed E-state index contributed by atoms with van der Waals surface area (Å²) in [6, 6.07) is 7.21. The Morgan fingerprint density at radius 1 is 1.27 bits per heavy atom. The van der Waals surface area contributed by atoms with Gasteiger partial charge in [-0.05, 0) is 65.5 Å². The highest BCUT2D eigenvalue weighted by molar-refractivity contribution is 9.10. The first-order valence-electron chi connectivity index (χ1n) is 9.22. The molecule has 6 nitrogen and oxygen atoms in total. The number of sulfonamides is 1. The lowest BCUT2D eigenvalue weighted by molar-refractivity contribution is 0.0977. The normalized spacial score (nSPS) is 16.6. The molecular weight excluding hydrogens is 482 g/mol. The fourth-order valence-electron chi connectivity index (χ4n) is 3.38. The summed E-state index contributed by atoms with van der Waals surface area (Å²) in [5.41, 5.74) is 1.05. The topological polar surface area (TPSA) is 75.7 Å². The Morgan fingerprint density at radius 2 is 2.00 bits per heavy atom. The molecule has 1 atom stereocenters. The van der Waals surface area contributed by atoms with Crippen LogP contribution in [0.3, 0.4) is 0 Å². The maximum atomic E-state index is 14.4. The summed E-state index contributed by atoms with van der Waals surface area (Å²) in [5.74, 6) is -2.02. The van der Waals surface area contributed by atoms with Crippen LogP contribution in [0.15, 0.2) is 34.8 Å². The number of halogens is 3. The number of ether oxygens (including phenoxy) is 1. The minimum atomic E-state index is -3.81. The molecule has 1 aliphatic heterocycles. The first-order chi connectivity index (χ1) is 14.0. The highest BCUT2D eigenvalue weighted by Gasteiger charge is 2.26. The van der Waals surface area contributed by atoms with E-state index >= 15 is 0 Å². The van der Waals surface area contributed by atoms with E-state index in [0.717, 1.165) is 37.4 Å². The zero-order chi connectivity index (χ0) is 22.1. The molecule has 2 aromatic rings. The molecule has 0 saturated carbocycles. The van der Waals surface area contributed by atoms with E-state index in [1.54, 1.807) is 23.8 Å². The van der Waals surface area contributed by atoms with Crippen molar-refractivity contribution in [3.8, 4) is 5.75 Å². The van der Waals surface area contributed by atoms with Crippen LogP contribution >= 0.6 is 15.9 Å². The van der Waals surface area contributed by atoms with Gasteiger partial charge in [-0.1, -0.05) is 0 Å². The zero-order valence-corrected chi connectivity index (χ0v) is 18.8. The monoisotopic (exact) mass is 502 g/mol. The zero-order valence-electron chi connectivity index (χ0n) is 16.4. The molecule has 30 heavy (non-hydrogen) atoms. The van der Waals surface area contributed by atoms with Gasteiger partial charge in [0.05, 0.1) is 22.3 Å². The predicted octanol–water partition coefficient (Wildman–Crippen LogP) is 3.77. The second-order valence-corrected chi connectivity index (χ2v) is 9.80.